The van der Waals surface area contributed by atoms with E-state index >= 15 is 0 Å². The minimum Gasteiger partial charge on any atom is -0.463 e. The lowest BCUT2D eigenvalue weighted by atomic mass is 10.2. The Hall–Kier alpha value is -2.02. The summed E-state index contributed by atoms with van der Waals surface area (Å²) < 4.78 is 12.7. The number of hydrogen-bond donors (Lipinski definition) is 0. The molecule has 1 saturated heterocycles. The number of fused-ring (bicyclic) bond motifs is 1. The fourth-order valence-corrected chi connectivity index (χ4v) is 2.22. The molecule has 0 aromatic carbocycles. The SMILES string of the molecule is CC(=O)OC[C@@H]1CC[C@H](n2cnc3cncnc32)O1. The zero-order valence-corrected chi connectivity index (χ0v) is 10.5. The molecule has 7 nitrogen and oxygen atoms in total. The predicted octanol–water partition coefficient (Wildman–Crippen LogP) is 1.07. The summed E-state index contributed by atoms with van der Waals surface area (Å²) in [4.78, 5) is 23.2. The number of imidazole rings is 1. The number of aromatic nitrogens is 4. The smallest absolute Gasteiger partial charge is 0.302 e. The van der Waals surface area contributed by atoms with Crippen LogP contribution < -0.4 is 0 Å². The highest BCUT2D eigenvalue weighted by Gasteiger charge is 2.28. The fraction of sp³-hybridized carbons (Fsp3) is 0.500. The first kappa shape index (κ1) is 12.0. The highest BCUT2D eigenvalue weighted by atomic mass is 16.6. The highest BCUT2D eigenvalue weighted by molar-refractivity contribution is 5.68. The van der Waals surface area contributed by atoms with Gasteiger partial charge < -0.3 is 9.47 Å². The Kier molecular flexibility index (Phi) is 3.12. The van der Waals surface area contributed by atoms with E-state index in [0.717, 1.165) is 24.0 Å². The van der Waals surface area contributed by atoms with Gasteiger partial charge in [0, 0.05) is 6.92 Å². The molecule has 0 amide bonds. The van der Waals surface area contributed by atoms with Crippen LogP contribution in [0.3, 0.4) is 0 Å². The standard InChI is InChI=1S/C12H14N4O3/c1-8(17)18-5-9-2-3-11(19-9)16-7-15-10-4-13-6-14-12(10)16/h4,6-7,9,11H,2-3,5H2,1H3/t9-,11+/m0/s1. The Bertz CT molecular complexity index is 597. The predicted molar refractivity (Wildman–Crippen MR) is 65.1 cm³/mol. The summed E-state index contributed by atoms with van der Waals surface area (Å²) >= 11 is 0. The van der Waals surface area contributed by atoms with Gasteiger partial charge in [0.1, 0.15) is 24.7 Å². The third-order valence-corrected chi connectivity index (χ3v) is 3.11. The van der Waals surface area contributed by atoms with Crippen molar-refractivity contribution in [3.63, 3.8) is 0 Å². The molecule has 100 valence electrons. The lowest BCUT2D eigenvalue weighted by Gasteiger charge is -2.14. The second-order valence-electron chi connectivity index (χ2n) is 4.48. The van der Waals surface area contributed by atoms with Crippen LogP contribution in [-0.4, -0.2) is 38.2 Å². The molecule has 2 aromatic rings. The minimum atomic E-state index is -0.284. The van der Waals surface area contributed by atoms with Crippen LogP contribution in [-0.2, 0) is 14.3 Å². The molecule has 3 rings (SSSR count). The third-order valence-electron chi connectivity index (χ3n) is 3.11. The van der Waals surface area contributed by atoms with E-state index in [-0.39, 0.29) is 18.3 Å². The Balaban J connectivity index is 1.72. The lowest BCUT2D eigenvalue weighted by Crippen LogP contribution is -2.18. The number of ether oxygens (including phenoxy) is 2. The maximum absolute atomic E-state index is 10.8. The van der Waals surface area contributed by atoms with Gasteiger partial charge >= 0.3 is 5.97 Å². The van der Waals surface area contributed by atoms with Crippen molar-refractivity contribution in [1.29, 1.82) is 0 Å². The summed E-state index contributed by atoms with van der Waals surface area (Å²) in [7, 11) is 0. The Morgan fingerprint density at radius 2 is 2.42 bits per heavy atom. The second-order valence-corrected chi connectivity index (χ2v) is 4.48. The number of esters is 1. The van der Waals surface area contributed by atoms with Crippen molar-refractivity contribution < 1.29 is 14.3 Å². The molecule has 1 fully saturated rings. The van der Waals surface area contributed by atoms with Crippen LogP contribution in [0.15, 0.2) is 18.9 Å². The maximum atomic E-state index is 10.8. The van der Waals surface area contributed by atoms with Crippen LogP contribution in [0.2, 0.25) is 0 Å². The first-order valence-electron chi connectivity index (χ1n) is 6.15. The molecule has 0 N–H and O–H groups in total. The fourth-order valence-electron chi connectivity index (χ4n) is 2.22. The van der Waals surface area contributed by atoms with E-state index in [2.05, 4.69) is 15.0 Å². The molecule has 2 aromatic heterocycles. The molecule has 1 aliphatic heterocycles. The van der Waals surface area contributed by atoms with Crippen molar-refractivity contribution in [3.8, 4) is 0 Å². The van der Waals surface area contributed by atoms with Crippen LogP contribution in [0, 0.1) is 0 Å². The molecule has 3 heterocycles. The van der Waals surface area contributed by atoms with Crippen LogP contribution in [0.4, 0.5) is 0 Å². The average Bonchev–Trinajstić information content (AvgIpc) is 3.02. The van der Waals surface area contributed by atoms with Gasteiger partial charge in [-0.2, -0.15) is 0 Å². The van der Waals surface area contributed by atoms with Crippen LogP contribution in [0.1, 0.15) is 26.0 Å². The molecule has 0 radical (unpaired) electrons. The van der Waals surface area contributed by atoms with E-state index in [9.17, 15) is 4.79 Å². The number of carbonyl (C=O) groups is 1. The van der Waals surface area contributed by atoms with E-state index in [1.165, 1.54) is 13.3 Å². The topological polar surface area (TPSA) is 79.1 Å². The summed E-state index contributed by atoms with van der Waals surface area (Å²) in [6, 6.07) is 0. The first-order chi connectivity index (χ1) is 9.24. The van der Waals surface area contributed by atoms with Crippen LogP contribution >= 0.6 is 0 Å². The van der Waals surface area contributed by atoms with Crippen molar-refractivity contribution in [2.75, 3.05) is 6.61 Å². The molecule has 0 bridgehead atoms. The van der Waals surface area contributed by atoms with Gasteiger partial charge in [-0.1, -0.05) is 0 Å². The number of hydrogen-bond acceptors (Lipinski definition) is 6. The first-order valence-corrected chi connectivity index (χ1v) is 6.15. The van der Waals surface area contributed by atoms with E-state index in [0.29, 0.717) is 6.61 Å². The lowest BCUT2D eigenvalue weighted by molar-refractivity contribution is -0.145. The van der Waals surface area contributed by atoms with Crippen LogP contribution in [0.5, 0.6) is 0 Å². The van der Waals surface area contributed by atoms with Crippen molar-refractivity contribution in [1.82, 2.24) is 19.5 Å². The summed E-state index contributed by atoms with van der Waals surface area (Å²) in [6.07, 6.45) is 6.40. The summed E-state index contributed by atoms with van der Waals surface area (Å²) in [5.41, 5.74) is 1.50. The van der Waals surface area contributed by atoms with Gasteiger partial charge in [-0.3, -0.25) is 9.36 Å². The Labute approximate surface area is 109 Å². The van der Waals surface area contributed by atoms with Crippen molar-refractivity contribution in [2.24, 2.45) is 0 Å². The van der Waals surface area contributed by atoms with Gasteiger partial charge in [-0.25, -0.2) is 15.0 Å². The minimum absolute atomic E-state index is 0.0619. The van der Waals surface area contributed by atoms with E-state index in [4.69, 9.17) is 9.47 Å². The molecule has 0 unspecified atom stereocenters. The zero-order valence-electron chi connectivity index (χ0n) is 10.5. The quantitative estimate of drug-likeness (QED) is 0.770. The Morgan fingerprint density at radius 1 is 1.53 bits per heavy atom. The molecule has 2 atom stereocenters. The van der Waals surface area contributed by atoms with Crippen molar-refractivity contribution in [2.45, 2.75) is 32.1 Å². The monoisotopic (exact) mass is 262 g/mol. The van der Waals surface area contributed by atoms with Gasteiger partial charge in [-0.15, -0.1) is 0 Å². The van der Waals surface area contributed by atoms with E-state index in [1.54, 1.807) is 12.5 Å². The molecule has 1 aliphatic rings. The van der Waals surface area contributed by atoms with Gasteiger partial charge in [0.05, 0.1) is 18.6 Å². The van der Waals surface area contributed by atoms with Gasteiger partial charge in [0.25, 0.3) is 0 Å². The summed E-state index contributed by atoms with van der Waals surface area (Å²) in [5, 5.41) is 0. The van der Waals surface area contributed by atoms with Gasteiger partial charge in [-0.05, 0) is 12.8 Å². The van der Waals surface area contributed by atoms with E-state index in [1.807, 2.05) is 4.57 Å². The van der Waals surface area contributed by atoms with Crippen LogP contribution in [0.25, 0.3) is 11.2 Å². The Morgan fingerprint density at radius 3 is 3.26 bits per heavy atom. The molecule has 0 aliphatic carbocycles. The molecule has 0 spiro atoms. The summed E-state index contributed by atoms with van der Waals surface area (Å²) in [6.45, 7) is 1.69. The molecule has 19 heavy (non-hydrogen) atoms. The maximum Gasteiger partial charge on any atom is 0.302 e. The number of nitrogens with zero attached hydrogens (tertiary/aromatic N) is 4. The van der Waals surface area contributed by atoms with Crippen molar-refractivity contribution in [3.05, 3.63) is 18.9 Å². The average molecular weight is 262 g/mol. The van der Waals surface area contributed by atoms with E-state index < -0.39 is 0 Å². The van der Waals surface area contributed by atoms with Gasteiger partial charge in [0.15, 0.2) is 5.65 Å². The van der Waals surface area contributed by atoms with Crippen molar-refractivity contribution >= 4 is 17.1 Å². The summed E-state index contributed by atoms with van der Waals surface area (Å²) in [5.74, 6) is -0.284. The van der Waals surface area contributed by atoms with Gasteiger partial charge in [0.2, 0.25) is 0 Å². The molecule has 0 saturated carbocycles. The molecular weight excluding hydrogens is 248 g/mol. The molecule has 7 heteroatoms. The third kappa shape index (κ3) is 2.41. The zero-order chi connectivity index (χ0) is 13.2. The largest absolute Gasteiger partial charge is 0.463 e. The molecular formula is C12H14N4O3. The number of carbonyl (C=O) groups excluding carboxylic acids is 1. The second kappa shape index (κ2) is 4.93. The highest BCUT2D eigenvalue weighted by Crippen LogP contribution is 2.30. The number of rotatable bonds is 3. The normalized spacial score (nSPS) is 22.8.